The van der Waals surface area contributed by atoms with Crippen molar-refractivity contribution in [1.29, 1.82) is 0 Å². The maximum atomic E-state index is 3.37. The molecule has 0 unspecified atom stereocenters. The Balaban J connectivity index is 2.91. The van der Waals surface area contributed by atoms with Crippen molar-refractivity contribution < 1.29 is 0 Å². The minimum Gasteiger partial charge on any atom is -0.316 e. The van der Waals surface area contributed by atoms with Crippen molar-refractivity contribution in [3.63, 3.8) is 0 Å². The average Bonchev–Trinajstić information content (AvgIpc) is 1.87. The van der Waals surface area contributed by atoms with Crippen LogP contribution in [0.15, 0.2) is 12.2 Å². The van der Waals surface area contributed by atoms with Gasteiger partial charge in [0.1, 0.15) is 0 Å². The number of allylic oxidation sites excluding steroid dienone is 1. The summed E-state index contributed by atoms with van der Waals surface area (Å²) in [5.41, 5.74) is 0. The molecule has 1 heteroatoms. The van der Waals surface area contributed by atoms with E-state index in [0.717, 1.165) is 25.4 Å². The van der Waals surface area contributed by atoms with E-state index >= 15 is 0 Å². The molecule has 1 N–H and O–H groups in total. The molecule has 0 aromatic rings. The van der Waals surface area contributed by atoms with Crippen LogP contribution in [-0.2, 0) is 0 Å². The summed E-state index contributed by atoms with van der Waals surface area (Å²) < 4.78 is 0. The average molecular weight is 141 g/mol. The third-order valence-electron chi connectivity index (χ3n) is 1.28. The zero-order chi connectivity index (χ0) is 7.82. The molecule has 0 heterocycles. The quantitative estimate of drug-likeness (QED) is 0.457. The summed E-state index contributed by atoms with van der Waals surface area (Å²) in [7, 11) is 0. The molecule has 0 radical (unpaired) electrons. The Hall–Kier alpha value is -0.300. The van der Waals surface area contributed by atoms with Gasteiger partial charge in [0.25, 0.3) is 0 Å². The highest BCUT2D eigenvalue weighted by molar-refractivity contribution is 4.77. The molecule has 0 aromatic carbocycles. The molecule has 0 amide bonds. The first-order chi connectivity index (χ1) is 4.77. The van der Waals surface area contributed by atoms with E-state index in [9.17, 15) is 0 Å². The van der Waals surface area contributed by atoms with Gasteiger partial charge in [0, 0.05) is 0 Å². The number of rotatable bonds is 5. The first-order valence-electron chi connectivity index (χ1n) is 4.09. The minimum atomic E-state index is 0.769. The van der Waals surface area contributed by atoms with Crippen molar-refractivity contribution in [3.05, 3.63) is 12.2 Å². The molecule has 0 bridgehead atoms. The molecule has 0 atom stereocenters. The van der Waals surface area contributed by atoms with Crippen molar-refractivity contribution in [2.45, 2.75) is 27.2 Å². The van der Waals surface area contributed by atoms with Gasteiger partial charge in [-0.15, -0.1) is 0 Å². The van der Waals surface area contributed by atoms with E-state index in [4.69, 9.17) is 0 Å². The summed E-state index contributed by atoms with van der Waals surface area (Å²) in [5, 5.41) is 3.37. The second-order valence-electron chi connectivity index (χ2n) is 2.96. The van der Waals surface area contributed by atoms with Gasteiger partial charge in [-0.3, -0.25) is 0 Å². The van der Waals surface area contributed by atoms with Crippen molar-refractivity contribution in [1.82, 2.24) is 5.32 Å². The van der Waals surface area contributed by atoms with Gasteiger partial charge < -0.3 is 5.32 Å². The highest BCUT2D eigenvalue weighted by Gasteiger charge is 1.89. The van der Waals surface area contributed by atoms with Gasteiger partial charge >= 0.3 is 0 Å². The van der Waals surface area contributed by atoms with E-state index in [-0.39, 0.29) is 0 Å². The van der Waals surface area contributed by atoms with Crippen LogP contribution in [-0.4, -0.2) is 13.1 Å². The maximum Gasteiger partial charge on any atom is -0.00142 e. The van der Waals surface area contributed by atoms with Gasteiger partial charge in [0.2, 0.25) is 0 Å². The first kappa shape index (κ1) is 9.70. The number of nitrogens with one attached hydrogen (secondary N) is 1. The smallest absolute Gasteiger partial charge is 0.00142 e. The van der Waals surface area contributed by atoms with Crippen LogP contribution < -0.4 is 5.32 Å². The lowest BCUT2D eigenvalue weighted by Gasteiger charge is -2.04. The molecule has 10 heavy (non-hydrogen) atoms. The van der Waals surface area contributed by atoms with Crippen LogP contribution in [0.2, 0.25) is 0 Å². The summed E-state index contributed by atoms with van der Waals surface area (Å²) in [6, 6.07) is 0. The Morgan fingerprint density at radius 3 is 2.60 bits per heavy atom. The molecule has 0 saturated heterocycles. The number of hydrogen-bond donors (Lipinski definition) is 1. The second-order valence-corrected chi connectivity index (χ2v) is 2.96. The van der Waals surface area contributed by atoms with E-state index in [0.29, 0.717) is 0 Å². The summed E-state index contributed by atoms with van der Waals surface area (Å²) in [6.07, 6.45) is 5.44. The fourth-order valence-corrected chi connectivity index (χ4v) is 0.743. The fourth-order valence-electron chi connectivity index (χ4n) is 0.743. The Kier molecular flexibility index (Phi) is 6.61. The van der Waals surface area contributed by atoms with Crippen LogP contribution in [0.4, 0.5) is 0 Å². The third-order valence-corrected chi connectivity index (χ3v) is 1.28. The molecule has 0 aromatic heterocycles. The van der Waals surface area contributed by atoms with Crippen molar-refractivity contribution >= 4 is 0 Å². The summed E-state index contributed by atoms with van der Waals surface area (Å²) in [4.78, 5) is 0. The van der Waals surface area contributed by atoms with Crippen LogP contribution in [0.1, 0.15) is 27.2 Å². The van der Waals surface area contributed by atoms with Gasteiger partial charge in [-0.05, 0) is 32.4 Å². The molecule has 0 fully saturated rings. The molecule has 0 aliphatic rings. The van der Waals surface area contributed by atoms with Crippen LogP contribution >= 0.6 is 0 Å². The minimum absolute atomic E-state index is 0.769. The lowest BCUT2D eigenvalue weighted by molar-refractivity contribution is 0.557. The van der Waals surface area contributed by atoms with Gasteiger partial charge in [-0.2, -0.15) is 0 Å². The highest BCUT2D eigenvalue weighted by atomic mass is 14.8. The highest BCUT2D eigenvalue weighted by Crippen LogP contribution is 1.87. The molecule has 0 saturated carbocycles. The van der Waals surface area contributed by atoms with E-state index in [1.54, 1.807) is 0 Å². The van der Waals surface area contributed by atoms with Gasteiger partial charge in [-0.1, -0.05) is 26.0 Å². The second kappa shape index (κ2) is 6.81. The third kappa shape index (κ3) is 7.70. The molecule has 0 rings (SSSR count). The largest absolute Gasteiger partial charge is 0.316 e. The zero-order valence-electron chi connectivity index (χ0n) is 7.35. The Morgan fingerprint density at radius 1 is 1.40 bits per heavy atom. The first-order valence-corrected chi connectivity index (χ1v) is 4.09. The lowest BCUT2D eigenvalue weighted by Crippen LogP contribution is -2.20. The van der Waals surface area contributed by atoms with Crippen molar-refractivity contribution in [2.24, 2.45) is 5.92 Å². The Bertz CT molecular complexity index is 84.7. The van der Waals surface area contributed by atoms with E-state index < -0.39 is 0 Å². The summed E-state index contributed by atoms with van der Waals surface area (Å²) in [5.74, 6) is 0.769. The molecular formula is C9H19N. The maximum absolute atomic E-state index is 3.37. The SMILES string of the molecule is C/C=C/CCNCC(C)C. The van der Waals surface area contributed by atoms with Crippen molar-refractivity contribution in [2.75, 3.05) is 13.1 Å². The Morgan fingerprint density at radius 2 is 2.10 bits per heavy atom. The molecule has 60 valence electrons. The Labute approximate surface area is 64.5 Å². The lowest BCUT2D eigenvalue weighted by atomic mass is 10.2. The number of hydrogen-bond acceptors (Lipinski definition) is 1. The van der Waals surface area contributed by atoms with E-state index in [1.165, 1.54) is 0 Å². The molecule has 0 spiro atoms. The van der Waals surface area contributed by atoms with Gasteiger partial charge in [0.05, 0.1) is 0 Å². The standard InChI is InChI=1S/C9H19N/c1-4-5-6-7-10-8-9(2)3/h4-5,9-10H,6-8H2,1-3H3/b5-4+. The zero-order valence-corrected chi connectivity index (χ0v) is 7.35. The van der Waals surface area contributed by atoms with Gasteiger partial charge in [0.15, 0.2) is 0 Å². The summed E-state index contributed by atoms with van der Waals surface area (Å²) >= 11 is 0. The normalized spacial score (nSPS) is 11.6. The fraction of sp³-hybridized carbons (Fsp3) is 0.778. The van der Waals surface area contributed by atoms with Crippen LogP contribution in [0.25, 0.3) is 0 Å². The van der Waals surface area contributed by atoms with Crippen LogP contribution in [0.3, 0.4) is 0 Å². The topological polar surface area (TPSA) is 12.0 Å². The van der Waals surface area contributed by atoms with Gasteiger partial charge in [-0.25, -0.2) is 0 Å². The van der Waals surface area contributed by atoms with Crippen LogP contribution in [0, 0.1) is 5.92 Å². The summed E-state index contributed by atoms with van der Waals surface area (Å²) in [6.45, 7) is 8.76. The van der Waals surface area contributed by atoms with Crippen molar-refractivity contribution in [3.8, 4) is 0 Å². The molecule has 0 aliphatic heterocycles. The predicted octanol–water partition coefficient (Wildman–Crippen LogP) is 2.20. The van der Waals surface area contributed by atoms with E-state index in [2.05, 4.69) is 38.2 Å². The molecular weight excluding hydrogens is 122 g/mol. The molecule has 0 aliphatic carbocycles. The van der Waals surface area contributed by atoms with E-state index in [1.807, 2.05) is 0 Å². The monoisotopic (exact) mass is 141 g/mol. The predicted molar refractivity (Wildman–Crippen MR) is 47.1 cm³/mol. The molecule has 1 nitrogen and oxygen atoms in total. The van der Waals surface area contributed by atoms with Crippen LogP contribution in [0.5, 0.6) is 0 Å².